The topological polar surface area (TPSA) is 110 Å². The maximum Gasteiger partial charge on any atom is 0.191 e. The van der Waals surface area contributed by atoms with E-state index in [0.717, 1.165) is 28.5 Å². The summed E-state index contributed by atoms with van der Waals surface area (Å²) in [5.74, 6) is 1.51. The molecule has 0 aliphatic carbocycles. The highest BCUT2D eigenvalue weighted by Gasteiger charge is 2.07. The Balaban J connectivity index is 0.00000243. The Hall–Kier alpha value is -2.44. The molecule has 0 spiro atoms. The second-order valence-corrected chi connectivity index (χ2v) is 5.45. The molecule has 140 valence electrons. The molecule has 3 rings (SSSR count). The normalized spacial score (nSPS) is 11.3. The number of aryl methyl sites for hydroxylation is 2. The van der Waals surface area contributed by atoms with E-state index >= 15 is 0 Å². The lowest BCUT2D eigenvalue weighted by Crippen LogP contribution is -2.39. The second-order valence-electron chi connectivity index (χ2n) is 5.45. The zero-order valence-electron chi connectivity index (χ0n) is 15.0. The van der Waals surface area contributed by atoms with Gasteiger partial charge in [0, 0.05) is 40.4 Å². The molecule has 3 aromatic heterocycles. The number of hydrogen-bond donors (Lipinski definition) is 3. The average Bonchev–Trinajstić information content (AvgIpc) is 3.21. The van der Waals surface area contributed by atoms with Gasteiger partial charge in [0.1, 0.15) is 12.1 Å². The quantitative estimate of drug-likeness (QED) is 0.208. The summed E-state index contributed by atoms with van der Waals surface area (Å²) < 4.78 is 3.56. The number of fused-ring (bicyclic) bond motifs is 1. The molecule has 0 aliphatic heterocycles. The summed E-state index contributed by atoms with van der Waals surface area (Å²) in [5.41, 5.74) is 1.89. The Labute approximate surface area is 168 Å². The molecular weight excluding hydrogens is 447 g/mol. The van der Waals surface area contributed by atoms with Crippen LogP contribution in [0.25, 0.3) is 11.0 Å². The van der Waals surface area contributed by atoms with Crippen LogP contribution in [0, 0.1) is 0 Å². The first-order valence-electron chi connectivity index (χ1n) is 7.97. The molecule has 0 aliphatic rings. The molecule has 0 radical (unpaired) electrons. The third kappa shape index (κ3) is 4.59. The predicted octanol–water partition coefficient (Wildman–Crippen LogP) is 0.492. The summed E-state index contributed by atoms with van der Waals surface area (Å²) in [4.78, 5) is 12.7. The Kier molecular flexibility index (Phi) is 7.12. The van der Waals surface area contributed by atoms with Crippen molar-refractivity contribution >= 4 is 46.8 Å². The lowest BCUT2D eigenvalue weighted by molar-refractivity contribution is 0.685. The van der Waals surface area contributed by atoms with Crippen molar-refractivity contribution in [3.05, 3.63) is 30.5 Å². The number of anilines is 1. The summed E-state index contributed by atoms with van der Waals surface area (Å²) in [6, 6.07) is 1.97. The van der Waals surface area contributed by atoms with Crippen molar-refractivity contribution in [2.24, 2.45) is 19.1 Å². The molecule has 3 N–H and O–H groups in total. The maximum absolute atomic E-state index is 4.28. The van der Waals surface area contributed by atoms with E-state index in [-0.39, 0.29) is 24.0 Å². The Morgan fingerprint density at radius 1 is 1.12 bits per heavy atom. The van der Waals surface area contributed by atoms with Gasteiger partial charge in [0.15, 0.2) is 11.6 Å². The molecule has 0 saturated heterocycles. The number of guanidine groups is 1. The fourth-order valence-corrected chi connectivity index (χ4v) is 2.43. The van der Waals surface area contributed by atoms with Gasteiger partial charge in [0.2, 0.25) is 0 Å². The van der Waals surface area contributed by atoms with Crippen molar-refractivity contribution in [1.29, 1.82) is 0 Å². The first-order chi connectivity index (χ1) is 12.2. The van der Waals surface area contributed by atoms with Crippen LogP contribution in [0.5, 0.6) is 0 Å². The lowest BCUT2D eigenvalue weighted by atomic mass is 10.4. The largest absolute Gasteiger partial charge is 0.368 e. The molecule has 11 heteroatoms. The van der Waals surface area contributed by atoms with Crippen molar-refractivity contribution in [3.63, 3.8) is 0 Å². The van der Waals surface area contributed by atoms with E-state index in [9.17, 15) is 0 Å². The number of aromatic nitrogens is 6. The van der Waals surface area contributed by atoms with Crippen LogP contribution in [0.4, 0.5) is 5.82 Å². The third-order valence-electron chi connectivity index (χ3n) is 3.82. The van der Waals surface area contributed by atoms with Crippen LogP contribution in [-0.2, 0) is 20.6 Å². The SMILES string of the molecule is CN=C(NCCNc1ncnc2c1cnn2C)NCc1ccnn1C.I. The van der Waals surface area contributed by atoms with E-state index in [1.807, 2.05) is 24.8 Å². The summed E-state index contributed by atoms with van der Waals surface area (Å²) >= 11 is 0. The number of aliphatic imine (C=N–C) groups is 1. The molecule has 0 unspecified atom stereocenters. The molecular formula is C15H23IN10. The molecule has 0 atom stereocenters. The molecule has 0 bridgehead atoms. The van der Waals surface area contributed by atoms with E-state index in [2.05, 4.69) is 41.1 Å². The van der Waals surface area contributed by atoms with E-state index in [0.29, 0.717) is 19.6 Å². The van der Waals surface area contributed by atoms with Gasteiger partial charge in [-0.15, -0.1) is 24.0 Å². The number of halogens is 1. The molecule has 3 heterocycles. The fraction of sp³-hybridized carbons (Fsp3) is 0.400. The van der Waals surface area contributed by atoms with E-state index in [4.69, 9.17) is 0 Å². The first kappa shape index (κ1) is 19.9. The van der Waals surface area contributed by atoms with E-state index in [1.165, 1.54) is 6.33 Å². The van der Waals surface area contributed by atoms with Gasteiger partial charge in [0.25, 0.3) is 0 Å². The van der Waals surface area contributed by atoms with Crippen LogP contribution in [-0.4, -0.2) is 55.6 Å². The van der Waals surface area contributed by atoms with Crippen LogP contribution >= 0.6 is 24.0 Å². The van der Waals surface area contributed by atoms with Gasteiger partial charge in [-0.2, -0.15) is 10.2 Å². The molecule has 0 aromatic carbocycles. The Bertz CT molecular complexity index is 868. The van der Waals surface area contributed by atoms with Gasteiger partial charge in [-0.3, -0.25) is 14.4 Å². The van der Waals surface area contributed by atoms with Gasteiger partial charge < -0.3 is 16.0 Å². The lowest BCUT2D eigenvalue weighted by Gasteiger charge is -2.12. The maximum atomic E-state index is 4.28. The number of nitrogens with zero attached hydrogens (tertiary/aromatic N) is 7. The number of rotatable bonds is 6. The van der Waals surface area contributed by atoms with Gasteiger partial charge >= 0.3 is 0 Å². The Morgan fingerprint density at radius 3 is 2.69 bits per heavy atom. The van der Waals surface area contributed by atoms with E-state index in [1.54, 1.807) is 24.1 Å². The van der Waals surface area contributed by atoms with Crippen molar-refractivity contribution < 1.29 is 0 Å². The minimum atomic E-state index is 0. The minimum Gasteiger partial charge on any atom is -0.368 e. The summed E-state index contributed by atoms with van der Waals surface area (Å²) in [6.07, 6.45) is 5.08. The first-order valence-corrected chi connectivity index (χ1v) is 7.97. The molecule has 3 aromatic rings. The highest BCUT2D eigenvalue weighted by atomic mass is 127. The van der Waals surface area contributed by atoms with Crippen LogP contribution in [0.2, 0.25) is 0 Å². The monoisotopic (exact) mass is 470 g/mol. The smallest absolute Gasteiger partial charge is 0.191 e. The van der Waals surface area contributed by atoms with Gasteiger partial charge in [0.05, 0.1) is 23.8 Å². The van der Waals surface area contributed by atoms with Crippen LogP contribution < -0.4 is 16.0 Å². The van der Waals surface area contributed by atoms with Crippen molar-refractivity contribution in [3.8, 4) is 0 Å². The second kappa shape index (κ2) is 9.31. The molecule has 26 heavy (non-hydrogen) atoms. The third-order valence-corrected chi connectivity index (χ3v) is 3.82. The minimum absolute atomic E-state index is 0. The van der Waals surface area contributed by atoms with Crippen molar-refractivity contribution in [2.45, 2.75) is 6.54 Å². The molecule has 0 saturated carbocycles. The van der Waals surface area contributed by atoms with Gasteiger partial charge in [-0.05, 0) is 6.07 Å². The predicted molar refractivity (Wildman–Crippen MR) is 112 cm³/mol. The van der Waals surface area contributed by atoms with Crippen LogP contribution in [0.15, 0.2) is 29.8 Å². The molecule has 0 amide bonds. The van der Waals surface area contributed by atoms with E-state index < -0.39 is 0 Å². The highest BCUT2D eigenvalue weighted by Crippen LogP contribution is 2.16. The molecule has 10 nitrogen and oxygen atoms in total. The number of nitrogens with one attached hydrogen (secondary N) is 3. The summed E-state index contributed by atoms with van der Waals surface area (Å²) in [6.45, 7) is 2.04. The summed E-state index contributed by atoms with van der Waals surface area (Å²) in [5, 5.41) is 19.1. The Morgan fingerprint density at radius 2 is 1.96 bits per heavy atom. The zero-order valence-corrected chi connectivity index (χ0v) is 17.3. The molecule has 0 fully saturated rings. The highest BCUT2D eigenvalue weighted by molar-refractivity contribution is 14.0. The van der Waals surface area contributed by atoms with Crippen molar-refractivity contribution in [2.75, 3.05) is 25.5 Å². The van der Waals surface area contributed by atoms with Crippen molar-refractivity contribution in [1.82, 2.24) is 40.2 Å². The van der Waals surface area contributed by atoms with Gasteiger partial charge in [-0.1, -0.05) is 0 Å². The summed E-state index contributed by atoms with van der Waals surface area (Å²) in [7, 11) is 5.52. The zero-order chi connectivity index (χ0) is 17.6. The van der Waals surface area contributed by atoms with Crippen LogP contribution in [0.3, 0.4) is 0 Å². The average molecular weight is 470 g/mol. The fourth-order valence-electron chi connectivity index (χ4n) is 2.43. The van der Waals surface area contributed by atoms with Gasteiger partial charge in [-0.25, -0.2) is 9.97 Å². The van der Waals surface area contributed by atoms with Crippen LogP contribution in [0.1, 0.15) is 5.69 Å². The number of hydrogen-bond acceptors (Lipinski definition) is 6. The standard InChI is InChI=1S/C15H22N10.HI/c1-16-15(19-8-11-4-5-22-24(11)2)18-7-6-17-13-12-9-23-25(3)14(12)21-10-20-13;/h4-5,9-10H,6-8H2,1-3H3,(H2,16,18,19)(H,17,20,21);1H.